The van der Waals surface area contributed by atoms with Crippen molar-refractivity contribution in [1.82, 2.24) is 5.48 Å². The summed E-state index contributed by atoms with van der Waals surface area (Å²) in [4.78, 5) is 24.9. The maximum Gasteiger partial charge on any atom is 0.277 e. The van der Waals surface area contributed by atoms with Crippen LogP contribution in [0.15, 0.2) is 18.2 Å². The highest BCUT2D eigenvalue weighted by atomic mass is 19.1. The molecule has 80 valence electrons. The highest BCUT2D eigenvalue weighted by molar-refractivity contribution is 5.93. The molecule has 15 heavy (non-hydrogen) atoms. The van der Waals surface area contributed by atoms with E-state index >= 15 is 0 Å². The van der Waals surface area contributed by atoms with Crippen molar-refractivity contribution in [3.8, 4) is 0 Å². The third kappa shape index (κ3) is 2.47. The van der Waals surface area contributed by atoms with E-state index in [0.29, 0.717) is 6.07 Å². The van der Waals surface area contributed by atoms with Crippen LogP contribution in [0, 0.1) is 15.9 Å². The number of carbonyl (C=O) groups is 1. The van der Waals surface area contributed by atoms with Gasteiger partial charge in [0.05, 0.1) is 23.7 Å². The number of hydrogen-bond donors (Lipinski definition) is 1. The monoisotopic (exact) mass is 214 g/mol. The van der Waals surface area contributed by atoms with Crippen LogP contribution < -0.4 is 5.48 Å². The predicted molar refractivity (Wildman–Crippen MR) is 47.5 cm³/mol. The number of benzene rings is 1. The lowest BCUT2D eigenvalue weighted by atomic mass is 10.2. The molecule has 1 aromatic carbocycles. The van der Waals surface area contributed by atoms with Gasteiger partial charge in [0.1, 0.15) is 5.82 Å². The Labute approximate surface area is 83.8 Å². The average molecular weight is 214 g/mol. The number of non-ortho nitro benzene ring substituents is 1. The fourth-order valence-electron chi connectivity index (χ4n) is 0.949. The fourth-order valence-corrected chi connectivity index (χ4v) is 0.949. The second-order valence-corrected chi connectivity index (χ2v) is 2.56. The SMILES string of the molecule is CONC(=O)c1ccc([N+](=O)[O-])cc1F. The minimum absolute atomic E-state index is 0.317. The maximum absolute atomic E-state index is 13.2. The van der Waals surface area contributed by atoms with Crippen molar-refractivity contribution < 1.29 is 18.9 Å². The van der Waals surface area contributed by atoms with E-state index in [2.05, 4.69) is 4.84 Å². The minimum Gasteiger partial charge on any atom is -0.277 e. The lowest BCUT2D eigenvalue weighted by molar-refractivity contribution is -0.385. The van der Waals surface area contributed by atoms with Crippen molar-refractivity contribution >= 4 is 11.6 Å². The van der Waals surface area contributed by atoms with Crippen LogP contribution in [0.2, 0.25) is 0 Å². The van der Waals surface area contributed by atoms with Gasteiger partial charge >= 0.3 is 0 Å². The Kier molecular flexibility index (Phi) is 3.29. The van der Waals surface area contributed by atoms with Gasteiger partial charge in [-0.1, -0.05) is 0 Å². The molecule has 0 aliphatic heterocycles. The number of halogens is 1. The molecule has 0 spiro atoms. The molecule has 0 heterocycles. The number of hydroxylamine groups is 1. The third-order valence-electron chi connectivity index (χ3n) is 1.60. The summed E-state index contributed by atoms with van der Waals surface area (Å²) in [6.45, 7) is 0. The van der Waals surface area contributed by atoms with Gasteiger partial charge in [0.25, 0.3) is 11.6 Å². The van der Waals surface area contributed by atoms with Crippen LogP contribution in [0.1, 0.15) is 10.4 Å². The lowest BCUT2D eigenvalue weighted by Crippen LogP contribution is -2.22. The lowest BCUT2D eigenvalue weighted by Gasteiger charge is -2.02. The summed E-state index contributed by atoms with van der Waals surface area (Å²) in [5.41, 5.74) is 1.17. The number of nitro groups is 1. The molecule has 0 bridgehead atoms. The van der Waals surface area contributed by atoms with Crippen molar-refractivity contribution in [3.63, 3.8) is 0 Å². The molecule has 0 saturated heterocycles. The molecule has 0 unspecified atom stereocenters. The van der Waals surface area contributed by atoms with E-state index in [1.807, 2.05) is 5.48 Å². The Bertz CT molecular complexity index is 408. The van der Waals surface area contributed by atoms with Crippen LogP contribution in [0.5, 0.6) is 0 Å². The van der Waals surface area contributed by atoms with E-state index in [1.54, 1.807) is 0 Å². The predicted octanol–water partition coefficient (Wildman–Crippen LogP) is 1.03. The van der Waals surface area contributed by atoms with Crippen molar-refractivity contribution in [3.05, 3.63) is 39.7 Å². The van der Waals surface area contributed by atoms with Gasteiger partial charge in [-0.15, -0.1) is 0 Å². The number of rotatable bonds is 3. The van der Waals surface area contributed by atoms with Gasteiger partial charge in [-0.25, -0.2) is 9.87 Å². The molecule has 1 rings (SSSR count). The second-order valence-electron chi connectivity index (χ2n) is 2.56. The van der Waals surface area contributed by atoms with Crippen LogP contribution in [0.25, 0.3) is 0 Å². The van der Waals surface area contributed by atoms with E-state index in [9.17, 15) is 19.3 Å². The largest absolute Gasteiger partial charge is 0.277 e. The van der Waals surface area contributed by atoms with Crippen molar-refractivity contribution in [2.45, 2.75) is 0 Å². The quantitative estimate of drug-likeness (QED) is 0.601. The summed E-state index contributed by atoms with van der Waals surface area (Å²) in [6, 6.07) is 2.72. The number of carbonyl (C=O) groups excluding carboxylic acids is 1. The molecule has 0 atom stereocenters. The molecule has 0 radical (unpaired) electrons. The average Bonchev–Trinajstić information content (AvgIpc) is 2.17. The number of nitro benzene ring substituents is 1. The number of amides is 1. The van der Waals surface area contributed by atoms with Crippen molar-refractivity contribution in [1.29, 1.82) is 0 Å². The standard InChI is InChI=1S/C8H7FN2O4/c1-15-10-8(12)6-3-2-5(11(13)14)4-7(6)9/h2-4H,1H3,(H,10,12). The van der Waals surface area contributed by atoms with Gasteiger partial charge < -0.3 is 0 Å². The van der Waals surface area contributed by atoms with E-state index in [0.717, 1.165) is 12.1 Å². The zero-order valence-electron chi connectivity index (χ0n) is 7.69. The Morgan fingerprint density at radius 1 is 1.60 bits per heavy atom. The van der Waals surface area contributed by atoms with Crippen LogP contribution in [0.4, 0.5) is 10.1 Å². The Morgan fingerprint density at radius 2 is 2.27 bits per heavy atom. The first-order valence-corrected chi connectivity index (χ1v) is 3.83. The molecular weight excluding hydrogens is 207 g/mol. The van der Waals surface area contributed by atoms with Crippen LogP contribution in [-0.2, 0) is 4.84 Å². The summed E-state index contributed by atoms with van der Waals surface area (Å²) in [6.07, 6.45) is 0. The van der Waals surface area contributed by atoms with Crippen molar-refractivity contribution in [2.24, 2.45) is 0 Å². The normalized spacial score (nSPS) is 9.73. The molecule has 0 aromatic heterocycles. The summed E-state index contributed by atoms with van der Waals surface area (Å²) >= 11 is 0. The molecule has 7 heteroatoms. The van der Waals surface area contributed by atoms with Gasteiger partial charge in [-0.05, 0) is 6.07 Å². The zero-order chi connectivity index (χ0) is 11.4. The zero-order valence-corrected chi connectivity index (χ0v) is 7.69. The van der Waals surface area contributed by atoms with E-state index in [4.69, 9.17) is 0 Å². The highest BCUT2D eigenvalue weighted by Gasteiger charge is 2.15. The number of hydrogen-bond acceptors (Lipinski definition) is 4. The molecule has 1 amide bonds. The van der Waals surface area contributed by atoms with Crippen LogP contribution in [-0.4, -0.2) is 17.9 Å². The Morgan fingerprint density at radius 3 is 2.73 bits per heavy atom. The van der Waals surface area contributed by atoms with Crippen LogP contribution >= 0.6 is 0 Å². The first kappa shape index (κ1) is 11.1. The fraction of sp³-hybridized carbons (Fsp3) is 0.125. The third-order valence-corrected chi connectivity index (χ3v) is 1.60. The number of nitrogens with one attached hydrogen (secondary N) is 1. The maximum atomic E-state index is 13.2. The Hall–Kier alpha value is -2.02. The van der Waals surface area contributed by atoms with Crippen LogP contribution in [0.3, 0.4) is 0 Å². The first-order valence-electron chi connectivity index (χ1n) is 3.83. The van der Waals surface area contributed by atoms with Gasteiger partial charge in [-0.2, -0.15) is 0 Å². The molecule has 0 aliphatic carbocycles. The van der Waals surface area contributed by atoms with E-state index in [1.165, 1.54) is 7.11 Å². The molecule has 0 fully saturated rings. The van der Waals surface area contributed by atoms with Gasteiger partial charge in [0.15, 0.2) is 0 Å². The summed E-state index contributed by atoms with van der Waals surface area (Å²) in [7, 11) is 1.20. The van der Waals surface area contributed by atoms with E-state index in [-0.39, 0.29) is 5.56 Å². The highest BCUT2D eigenvalue weighted by Crippen LogP contribution is 2.16. The first-order chi connectivity index (χ1) is 7.06. The van der Waals surface area contributed by atoms with Crippen molar-refractivity contribution in [2.75, 3.05) is 7.11 Å². The summed E-state index contributed by atoms with van der Waals surface area (Å²) in [5.74, 6) is -1.77. The molecule has 6 nitrogen and oxygen atoms in total. The number of nitrogens with zero attached hydrogens (tertiary/aromatic N) is 1. The molecule has 1 aromatic rings. The molecule has 1 N–H and O–H groups in total. The summed E-state index contributed by atoms with van der Waals surface area (Å²) < 4.78 is 13.2. The van der Waals surface area contributed by atoms with E-state index < -0.39 is 22.3 Å². The molecule has 0 aliphatic rings. The topological polar surface area (TPSA) is 81.5 Å². The molecule has 0 saturated carbocycles. The smallest absolute Gasteiger partial charge is 0.277 e. The molecular formula is C8H7FN2O4. The summed E-state index contributed by atoms with van der Waals surface area (Å²) in [5, 5.41) is 10.3. The Balaban J connectivity index is 3.03. The van der Waals surface area contributed by atoms with Gasteiger partial charge in [-0.3, -0.25) is 19.7 Å². The van der Waals surface area contributed by atoms with Gasteiger partial charge in [0, 0.05) is 6.07 Å². The van der Waals surface area contributed by atoms with Gasteiger partial charge in [0.2, 0.25) is 0 Å². The minimum atomic E-state index is -0.973. The second kappa shape index (κ2) is 4.47.